The molecule has 88 valence electrons. The second-order valence-corrected chi connectivity index (χ2v) is 5.62. The molecule has 1 aromatic heterocycles. The van der Waals surface area contributed by atoms with E-state index in [1.807, 2.05) is 30.0 Å². The van der Waals surface area contributed by atoms with Crippen LogP contribution in [0.25, 0.3) is 10.9 Å². The van der Waals surface area contributed by atoms with Gasteiger partial charge in [-0.25, -0.2) is 9.97 Å². The monoisotopic (exact) mass is 265 g/mol. The van der Waals surface area contributed by atoms with Gasteiger partial charge in [0.1, 0.15) is 12.1 Å². The van der Waals surface area contributed by atoms with Crippen molar-refractivity contribution >= 4 is 40.1 Å². The van der Waals surface area contributed by atoms with Gasteiger partial charge in [-0.15, -0.1) is 0 Å². The van der Waals surface area contributed by atoms with Crippen LogP contribution in [-0.2, 0) is 0 Å². The first-order valence-electron chi connectivity index (χ1n) is 5.57. The third-order valence-corrected chi connectivity index (χ3v) is 4.07. The fourth-order valence-electron chi connectivity index (χ4n) is 2.04. The van der Waals surface area contributed by atoms with E-state index >= 15 is 0 Å². The number of hydrogen-bond acceptors (Lipinski definition) is 4. The highest BCUT2D eigenvalue weighted by atomic mass is 35.5. The third-order valence-electron chi connectivity index (χ3n) is 2.89. The van der Waals surface area contributed by atoms with Gasteiger partial charge < -0.3 is 4.90 Å². The Kier molecular flexibility index (Phi) is 3.07. The molecule has 0 bridgehead atoms. The predicted octanol–water partition coefficient (Wildman–Crippen LogP) is 2.84. The summed E-state index contributed by atoms with van der Waals surface area (Å²) in [6.07, 6.45) is 1.62. The molecule has 0 N–H and O–H groups in total. The molecule has 17 heavy (non-hydrogen) atoms. The Morgan fingerprint density at radius 2 is 2.00 bits per heavy atom. The molecule has 2 aromatic rings. The van der Waals surface area contributed by atoms with E-state index in [-0.39, 0.29) is 0 Å². The topological polar surface area (TPSA) is 29.0 Å². The normalized spacial score (nSPS) is 16.4. The summed E-state index contributed by atoms with van der Waals surface area (Å²) in [6.45, 7) is 2.11. The van der Waals surface area contributed by atoms with Gasteiger partial charge in [-0.05, 0) is 18.2 Å². The highest BCUT2D eigenvalue weighted by Gasteiger charge is 2.15. The summed E-state index contributed by atoms with van der Waals surface area (Å²) in [6, 6.07) is 5.80. The second-order valence-electron chi connectivity index (χ2n) is 3.96. The third kappa shape index (κ3) is 2.19. The SMILES string of the molecule is Clc1ccc2c(N3CCSCC3)ncnc2c1. The molecule has 0 spiro atoms. The van der Waals surface area contributed by atoms with Gasteiger partial charge in [0.2, 0.25) is 0 Å². The Hall–Kier alpha value is -1.00. The van der Waals surface area contributed by atoms with E-state index in [4.69, 9.17) is 11.6 Å². The number of thioether (sulfide) groups is 1. The number of nitrogens with zero attached hydrogens (tertiary/aromatic N) is 3. The summed E-state index contributed by atoms with van der Waals surface area (Å²) in [4.78, 5) is 11.0. The van der Waals surface area contributed by atoms with Gasteiger partial charge in [-0.3, -0.25) is 0 Å². The average Bonchev–Trinajstić information content (AvgIpc) is 2.39. The minimum Gasteiger partial charge on any atom is -0.354 e. The zero-order valence-electron chi connectivity index (χ0n) is 9.27. The maximum absolute atomic E-state index is 5.98. The first-order chi connectivity index (χ1) is 8.34. The molecule has 0 amide bonds. The molecular formula is C12H12ClN3S. The summed E-state index contributed by atoms with van der Waals surface area (Å²) >= 11 is 7.97. The van der Waals surface area contributed by atoms with Crippen LogP contribution in [0.3, 0.4) is 0 Å². The van der Waals surface area contributed by atoms with Crippen molar-refractivity contribution in [2.24, 2.45) is 0 Å². The van der Waals surface area contributed by atoms with Crippen LogP contribution in [0.4, 0.5) is 5.82 Å². The molecular weight excluding hydrogens is 254 g/mol. The van der Waals surface area contributed by atoms with Gasteiger partial charge in [0, 0.05) is 35.0 Å². The molecule has 1 aliphatic rings. The van der Waals surface area contributed by atoms with Gasteiger partial charge in [-0.2, -0.15) is 11.8 Å². The first kappa shape index (κ1) is 11.1. The van der Waals surface area contributed by atoms with Crippen LogP contribution in [0.15, 0.2) is 24.5 Å². The molecule has 0 radical (unpaired) electrons. The molecule has 3 nitrogen and oxygen atoms in total. The minimum atomic E-state index is 0.719. The summed E-state index contributed by atoms with van der Waals surface area (Å²) in [7, 11) is 0. The lowest BCUT2D eigenvalue weighted by molar-refractivity contribution is 0.842. The van der Waals surface area contributed by atoms with Gasteiger partial charge in [-0.1, -0.05) is 11.6 Å². The van der Waals surface area contributed by atoms with E-state index < -0.39 is 0 Å². The Balaban J connectivity index is 2.09. The van der Waals surface area contributed by atoms with E-state index in [9.17, 15) is 0 Å². The average molecular weight is 266 g/mol. The highest BCUT2D eigenvalue weighted by molar-refractivity contribution is 7.99. The predicted molar refractivity (Wildman–Crippen MR) is 74.1 cm³/mol. The zero-order valence-corrected chi connectivity index (χ0v) is 10.8. The van der Waals surface area contributed by atoms with Gasteiger partial charge in [0.15, 0.2) is 0 Å². The highest BCUT2D eigenvalue weighted by Crippen LogP contribution is 2.26. The number of halogens is 1. The summed E-state index contributed by atoms with van der Waals surface area (Å²) < 4.78 is 0. The van der Waals surface area contributed by atoms with Crippen molar-refractivity contribution in [1.82, 2.24) is 9.97 Å². The van der Waals surface area contributed by atoms with E-state index in [1.165, 1.54) is 11.5 Å². The van der Waals surface area contributed by atoms with Crippen LogP contribution in [0.1, 0.15) is 0 Å². The zero-order chi connectivity index (χ0) is 11.7. The van der Waals surface area contributed by atoms with Crippen molar-refractivity contribution in [2.45, 2.75) is 0 Å². The molecule has 0 aliphatic carbocycles. The molecule has 2 heterocycles. The Morgan fingerprint density at radius 3 is 2.82 bits per heavy atom. The van der Waals surface area contributed by atoms with E-state index in [2.05, 4.69) is 14.9 Å². The number of anilines is 1. The lowest BCUT2D eigenvalue weighted by atomic mass is 10.2. The summed E-state index contributed by atoms with van der Waals surface area (Å²) in [5.74, 6) is 3.37. The number of aromatic nitrogens is 2. The first-order valence-corrected chi connectivity index (χ1v) is 7.11. The van der Waals surface area contributed by atoms with Crippen LogP contribution in [-0.4, -0.2) is 34.6 Å². The number of hydrogen-bond donors (Lipinski definition) is 0. The quantitative estimate of drug-likeness (QED) is 0.793. The molecule has 1 fully saturated rings. The van der Waals surface area contributed by atoms with Gasteiger partial charge >= 0.3 is 0 Å². The largest absolute Gasteiger partial charge is 0.354 e. The van der Waals surface area contributed by atoms with Crippen molar-refractivity contribution in [3.63, 3.8) is 0 Å². The number of fused-ring (bicyclic) bond motifs is 1. The van der Waals surface area contributed by atoms with Crippen LogP contribution < -0.4 is 4.90 Å². The van der Waals surface area contributed by atoms with Gasteiger partial charge in [0.05, 0.1) is 5.52 Å². The Bertz CT molecular complexity index is 540. The lowest BCUT2D eigenvalue weighted by Gasteiger charge is -2.28. The molecule has 0 atom stereocenters. The summed E-state index contributed by atoms with van der Waals surface area (Å²) in [5.41, 5.74) is 0.917. The fourth-order valence-corrected chi connectivity index (χ4v) is 3.11. The van der Waals surface area contributed by atoms with Crippen molar-refractivity contribution in [2.75, 3.05) is 29.5 Å². The number of benzene rings is 1. The molecule has 0 unspecified atom stereocenters. The van der Waals surface area contributed by atoms with Crippen LogP contribution in [0.2, 0.25) is 5.02 Å². The van der Waals surface area contributed by atoms with Crippen molar-refractivity contribution in [3.05, 3.63) is 29.5 Å². The lowest BCUT2D eigenvalue weighted by Crippen LogP contribution is -2.33. The molecule has 1 aliphatic heterocycles. The standard InChI is InChI=1S/C12H12ClN3S/c13-9-1-2-10-11(7-9)14-8-15-12(10)16-3-5-17-6-4-16/h1-2,7-8H,3-6H2. The molecule has 1 aromatic carbocycles. The number of rotatable bonds is 1. The van der Waals surface area contributed by atoms with E-state index in [1.54, 1.807) is 6.33 Å². The van der Waals surface area contributed by atoms with E-state index in [0.29, 0.717) is 0 Å². The van der Waals surface area contributed by atoms with Crippen molar-refractivity contribution in [3.8, 4) is 0 Å². The second kappa shape index (κ2) is 4.70. The smallest absolute Gasteiger partial charge is 0.139 e. The Labute approximate surface area is 109 Å². The maximum atomic E-state index is 5.98. The summed E-state index contributed by atoms with van der Waals surface area (Å²) in [5, 5.41) is 1.81. The van der Waals surface area contributed by atoms with Crippen LogP contribution in [0.5, 0.6) is 0 Å². The van der Waals surface area contributed by atoms with Crippen molar-refractivity contribution in [1.29, 1.82) is 0 Å². The van der Waals surface area contributed by atoms with Crippen molar-refractivity contribution < 1.29 is 0 Å². The Morgan fingerprint density at radius 1 is 1.18 bits per heavy atom. The molecule has 3 rings (SSSR count). The molecule has 5 heteroatoms. The fraction of sp³-hybridized carbons (Fsp3) is 0.333. The van der Waals surface area contributed by atoms with Crippen LogP contribution >= 0.6 is 23.4 Å². The van der Waals surface area contributed by atoms with Crippen LogP contribution in [0, 0.1) is 0 Å². The molecule has 1 saturated heterocycles. The molecule has 0 saturated carbocycles. The minimum absolute atomic E-state index is 0.719. The maximum Gasteiger partial charge on any atom is 0.139 e. The van der Waals surface area contributed by atoms with E-state index in [0.717, 1.165) is 34.8 Å². The van der Waals surface area contributed by atoms with Gasteiger partial charge in [0.25, 0.3) is 0 Å².